The zero-order chi connectivity index (χ0) is 23.5. The van der Waals surface area contributed by atoms with Crippen molar-refractivity contribution in [3.8, 4) is 5.75 Å². The minimum absolute atomic E-state index is 0.357. The second kappa shape index (κ2) is 17.6. The van der Waals surface area contributed by atoms with Crippen molar-refractivity contribution in [2.75, 3.05) is 35.0 Å². The number of hydrogen-bond donors (Lipinski definition) is 0. The summed E-state index contributed by atoms with van der Waals surface area (Å²) >= 11 is 0. The number of methoxy groups -OCH3 is 4. The van der Waals surface area contributed by atoms with Gasteiger partial charge >= 0.3 is 5.97 Å². The van der Waals surface area contributed by atoms with Gasteiger partial charge in [0.15, 0.2) is 0 Å². The third kappa shape index (κ3) is 12.2. The van der Waals surface area contributed by atoms with Crippen LogP contribution < -0.4 is 4.74 Å². The molecule has 0 N–H and O–H groups in total. The summed E-state index contributed by atoms with van der Waals surface area (Å²) in [5.41, 5.74) is 0.941. The van der Waals surface area contributed by atoms with E-state index in [1.54, 1.807) is 27.4 Å². The molecule has 0 aliphatic rings. The number of benzene rings is 1. The van der Waals surface area contributed by atoms with Gasteiger partial charge in [-0.15, -0.1) is 0 Å². The van der Waals surface area contributed by atoms with Gasteiger partial charge in [-0.05, 0) is 36.6 Å². The maximum atomic E-state index is 11.1. The fourth-order valence-corrected chi connectivity index (χ4v) is 3.51. The Kier molecular flexibility index (Phi) is 15.5. The molecule has 0 fully saturated rings. The second-order valence-electron chi connectivity index (χ2n) is 7.85. The van der Waals surface area contributed by atoms with Crippen LogP contribution in [0.1, 0.15) is 76.2 Å². The van der Waals surface area contributed by atoms with Gasteiger partial charge in [0.1, 0.15) is 5.75 Å². The van der Waals surface area contributed by atoms with Gasteiger partial charge < -0.3 is 23.7 Å². The Labute approximate surface area is 194 Å². The Balaban J connectivity index is 1.96. The van der Waals surface area contributed by atoms with Gasteiger partial charge in [-0.1, -0.05) is 63.5 Å². The van der Waals surface area contributed by atoms with Crippen molar-refractivity contribution in [1.82, 2.24) is 0 Å². The molecular formula is C26H42O6. The Morgan fingerprint density at radius 3 is 1.75 bits per heavy atom. The van der Waals surface area contributed by atoms with Gasteiger partial charge in [0.25, 0.3) is 5.97 Å². The standard InChI is InChI=1S/C26H42O6/c1-28-25(27)20-17-23-15-18-24(19-16-23)32-22-14-12-10-8-6-5-7-9-11-13-21-26(29-2,30-3)31-4/h15-20H,5-14,21-22H2,1-4H3. The Bertz CT molecular complexity index is 613. The van der Waals surface area contributed by atoms with E-state index in [4.69, 9.17) is 18.9 Å². The van der Waals surface area contributed by atoms with Crippen molar-refractivity contribution in [3.05, 3.63) is 35.9 Å². The molecule has 0 bridgehead atoms. The first-order chi connectivity index (χ1) is 15.6. The molecule has 0 aromatic heterocycles. The SMILES string of the molecule is COC(=O)C=Cc1ccc(OCCCCCCCCCCCCC(OC)(OC)OC)cc1. The molecule has 0 spiro atoms. The van der Waals surface area contributed by atoms with E-state index in [-0.39, 0.29) is 5.97 Å². The quantitative estimate of drug-likeness (QED) is 0.109. The number of carbonyl (C=O) groups excluding carboxylic acids is 1. The molecule has 0 aliphatic heterocycles. The van der Waals surface area contributed by atoms with Gasteiger partial charge in [-0.3, -0.25) is 0 Å². The van der Waals surface area contributed by atoms with Gasteiger partial charge in [-0.25, -0.2) is 4.79 Å². The van der Waals surface area contributed by atoms with Crippen molar-refractivity contribution >= 4 is 12.0 Å². The molecule has 0 atom stereocenters. The minimum Gasteiger partial charge on any atom is -0.494 e. The van der Waals surface area contributed by atoms with E-state index in [0.717, 1.165) is 37.2 Å². The summed E-state index contributed by atoms with van der Waals surface area (Å²) in [6, 6.07) is 7.71. The fraction of sp³-hybridized carbons (Fsp3) is 0.654. The molecule has 0 saturated heterocycles. The summed E-state index contributed by atoms with van der Waals surface area (Å²) < 4.78 is 26.3. The van der Waals surface area contributed by atoms with Crippen LogP contribution in [0.2, 0.25) is 0 Å². The molecule has 6 nitrogen and oxygen atoms in total. The maximum Gasteiger partial charge on any atom is 0.330 e. The first-order valence-corrected chi connectivity index (χ1v) is 11.7. The average molecular weight is 451 g/mol. The smallest absolute Gasteiger partial charge is 0.330 e. The van der Waals surface area contributed by atoms with Crippen LogP contribution in [0.25, 0.3) is 6.08 Å². The van der Waals surface area contributed by atoms with Crippen LogP contribution in [-0.2, 0) is 23.7 Å². The zero-order valence-electron chi connectivity index (χ0n) is 20.4. The summed E-state index contributed by atoms with van der Waals surface area (Å²) in [6.07, 6.45) is 16.1. The van der Waals surface area contributed by atoms with Crippen molar-refractivity contribution in [3.63, 3.8) is 0 Å². The highest BCUT2D eigenvalue weighted by Crippen LogP contribution is 2.21. The first kappa shape index (κ1) is 28.1. The van der Waals surface area contributed by atoms with Gasteiger partial charge in [-0.2, -0.15) is 0 Å². The second-order valence-corrected chi connectivity index (χ2v) is 7.85. The van der Waals surface area contributed by atoms with Gasteiger partial charge in [0.2, 0.25) is 0 Å². The molecule has 0 aliphatic carbocycles. The Morgan fingerprint density at radius 2 is 1.25 bits per heavy atom. The molecule has 0 amide bonds. The number of hydrogen-bond acceptors (Lipinski definition) is 6. The monoisotopic (exact) mass is 450 g/mol. The van der Waals surface area contributed by atoms with Crippen molar-refractivity contribution < 1.29 is 28.5 Å². The van der Waals surface area contributed by atoms with E-state index in [1.807, 2.05) is 24.3 Å². The number of rotatable bonds is 19. The topological polar surface area (TPSA) is 63.2 Å². The van der Waals surface area contributed by atoms with Gasteiger partial charge in [0.05, 0.1) is 13.7 Å². The van der Waals surface area contributed by atoms with Crippen LogP contribution in [0.5, 0.6) is 5.75 Å². The highest BCUT2D eigenvalue weighted by molar-refractivity contribution is 5.86. The third-order valence-electron chi connectivity index (χ3n) is 5.57. The number of esters is 1. The summed E-state index contributed by atoms with van der Waals surface area (Å²) in [7, 11) is 6.21. The molecule has 1 aromatic rings. The molecule has 0 heterocycles. The molecule has 1 rings (SSSR count). The van der Waals surface area contributed by atoms with E-state index in [1.165, 1.54) is 64.6 Å². The summed E-state index contributed by atoms with van der Waals surface area (Å²) in [5, 5.41) is 0. The highest BCUT2D eigenvalue weighted by Gasteiger charge is 2.28. The minimum atomic E-state index is -0.879. The molecule has 0 unspecified atom stereocenters. The van der Waals surface area contributed by atoms with E-state index < -0.39 is 5.97 Å². The summed E-state index contributed by atoms with van der Waals surface area (Å²) in [5.74, 6) is -0.376. The lowest BCUT2D eigenvalue weighted by atomic mass is 10.1. The molecular weight excluding hydrogens is 408 g/mol. The van der Waals surface area contributed by atoms with Crippen LogP contribution in [0.4, 0.5) is 0 Å². The predicted octanol–water partition coefficient (Wildman–Crippen LogP) is 6.14. The van der Waals surface area contributed by atoms with E-state index in [2.05, 4.69) is 4.74 Å². The molecule has 0 radical (unpaired) electrons. The van der Waals surface area contributed by atoms with Crippen LogP contribution in [0, 0.1) is 0 Å². The van der Waals surface area contributed by atoms with Crippen LogP contribution in [0.15, 0.2) is 30.3 Å². The molecule has 0 saturated carbocycles. The fourth-order valence-electron chi connectivity index (χ4n) is 3.51. The summed E-state index contributed by atoms with van der Waals surface area (Å²) in [6.45, 7) is 0.739. The first-order valence-electron chi connectivity index (χ1n) is 11.7. The van der Waals surface area contributed by atoms with Crippen LogP contribution in [0.3, 0.4) is 0 Å². The number of ether oxygens (including phenoxy) is 5. The third-order valence-corrected chi connectivity index (χ3v) is 5.57. The highest BCUT2D eigenvalue weighted by atomic mass is 16.9. The normalized spacial score (nSPS) is 11.8. The largest absolute Gasteiger partial charge is 0.494 e. The maximum absolute atomic E-state index is 11.1. The van der Waals surface area contributed by atoms with Crippen molar-refractivity contribution in [1.29, 1.82) is 0 Å². The average Bonchev–Trinajstić information content (AvgIpc) is 2.84. The number of carbonyl (C=O) groups is 1. The lowest BCUT2D eigenvalue weighted by Gasteiger charge is -2.28. The molecule has 6 heteroatoms. The predicted molar refractivity (Wildman–Crippen MR) is 128 cm³/mol. The lowest BCUT2D eigenvalue weighted by molar-refractivity contribution is -0.355. The Morgan fingerprint density at radius 1 is 0.750 bits per heavy atom. The number of unbranched alkanes of at least 4 members (excludes halogenated alkanes) is 9. The zero-order valence-corrected chi connectivity index (χ0v) is 20.4. The summed E-state index contributed by atoms with van der Waals surface area (Å²) in [4.78, 5) is 11.1. The van der Waals surface area contributed by atoms with Crippen molar-refractivity contribution in [2.24, 2.45) is 0 Å². The lowest BCUT2D eigenvalue weighted by Crippen LogP contribution is -2.35. The van der Waals surface area contributed by atoms with Gasteiger partial charge in [0, 0.05) is 33.8 Å². The van der Waals surface area contributed by atoms with E-state index in [9.17, 15) is 4.79 Å². The Hall–Kier alpha value is -1.89. The van der Waals surface area contributed by atoms with Crippen LogP contribution in [-0.4, -0.2) is 47.0 Å². The van der Waals surface area contributed by atoms with E-state index in [0.29, 0.717) is 0 Å². The molecule has 182 valence electrons. The van der Waals surface area contributed by atoms with E-state index >= 15 is 0 Å². The molecule has 1 aromatic carbocycles. The molecule has 32 heavy (non-hydrogen) atoms. The van der Waals surface area contributed by atoms with Crippen LogP contribution >= 0.6 is 0 Å². The van der Waals surface area contributed by atoms with Crippen molar-refractivity contribution in [2.45, 2.75) is 76.6 Å².